The Labute approximate surface area is 282 Å². The second-order valence-electron chi connectivity index (χ2n) is 15.6. The second-order valence-corrected chi connectivity index (χ2v) is 15.6. The van der Waals surface area contributed by atoms with Gasteiger partial charge in [0.25, 0.3) is 0 Å². The Bertz CT molecular complexity index is 1340. The number of aliphatic hydroxyl groups excluding tert-OH is 1. The molecule has 5 N–H and O–H groups in total. The van der Waals surface area contributed by atoms with Crippen molar-refractivity contribution in [3.05, 3.63) is 11.6 Å². The van der Waals surface area contributed by atoms with Gasteiger partial charge in [-0.3, -0.25) is 24.0 Å². The number of rotatable bonds is 13. The molecule has 4 aliphatic rings. The minimum absolute atomic E-state index is 0.0164. The molecule has 0 saturated heterocycles. The topological polar surface area (TPSA) is 196 Å². The normalized spacial score (nSPS) is 34.4. The first kappa shape index (κ1) is 37.7. The highest BCUT2D eigenvalue weighted by atomic mass is 16.5. The third-order valence-corrected chi connectivity index (χ3v) is 12.5. The zero-order chi connectivity index (χ0) is 35.8. The van der Waals surface area contributed by atoms with Crippen LogP contribution in [-0.4, -0.2) is 81.0 Å². The van der Waals surface area contributed by atoms with Gasteiger partial charge in [-0.05, 0) is 79.6 Å². The monoisotopic (exact) mass is 674 g/mol. The third kappa shape index (κ3) is 6.97. The molecule has 12 nitrogen and oxygen atoms in total. The van der Waals surface area contributed by atoms with Crippen LogP contribution in [0.5, 0.6) is 0 Å². The van der Waals surface area contributed by atoms with Crippen molar-refractivity contribution in [3.8, 4) is 0 Å². The molecule has 0 bridgehead atoms. The molecule has 0 aromatic heterocycles. The number of fused-ring (bicyclic) bond motifs is 5. The molecule has 0 heterocycles. The zero-order valence-corrected chi connectivity index (χ0v) is 29.2. The highest BCUT2D eigenvalue weighted by Gasteiger charge is 2.68. The van der Waals surface area contributed by atoms with Gasteiger partial charge in [0.2, 0.25) is 17.6 Å². The molecule has 12 heteroatoms. The van der Waals surface area contributed by atoms with E-state index in [9.17, 15) is 44.1 Å². The van der Waals surface area contributed by atoms with Gasteiger partial charge in [0.1, 0.15) is 17.7 Å². The maximum Gasteiger partial charge on any atom is 0.326 e. The molecule has 0 unspecified atom stereocenters. The van der Waals surface area contributed by atoms with Gasteiger partial charge in [-0.25, -0.2) is 4.79 Å². The van der Waals surface area contributed by atoms with Crippen molar-refractivity contribution in [2.45, 2.75) is 130 Å². The van der Waals surface area contributed by atoms with Crippen LogP contribution in [0.4, 0.5) is 0 Å². The van der Waals surface area contributed by atoms with Gasteiger partial charge in [0, 0.05) is 18.3 Å². The Morgan fingerprint density at radius 1 is 1.00 bits per heavy atom. The van der Waals surface area contributed by atoms with E-state index in [2.05, 4.69) is 17.6 Å². The largest absolute Gasteiger partial charge is 0.480 e. The van der Waals surface area contributed by atoms with E-state index in [0.717, 1.165) is 18.4 Å². The Morgan fingerprint density at radius 3 is 2.31 bits per heavy atom. The molecule has 2 amide bonds. The smallest absolute Gasteiger partial charge is 0.326 e. The summed E-state index contributed by atoms with van der Waals surface area (Å²) in [6.07, 6.45) is 4.52. The number of esters is 1. The van der Waals surface area contributed by atoms with Crippen LogP contribution in [0.25, 0.3) is 0 Å². The molecule has 4 rings (SSSR count). The number of amides is 2. The van der Waals surface area contributed by atoms with Crippen molar-refractivity contribution >= 4 is 35.3 Å². The number of hydrogen-bond donors (Lipinski definition) is 5. The van der Waals surface area contributed by atoms with Crippen LogP contribution in [0, 0.1) is 40.4 Å². The summed E-state index contributed by atoms with van der Waals surface area (Å²) in [6.45, 7) is 10.3. The lowest BCUT2D eigenvalue weighted by Crippen LogP contribution is -2.62. The summed E-state index contributed by atoms with van der Waals surface area (Å²) in [5.41, 5.74) is -1.90. The SMILES string of the molecule is CC[C@@H](C)[C@@H](NC(=O)[C@H](NC(=O)CCC(=O)OCC(=O)[C@@]1(O)CC[C@H]2[C@@H]3CCC4=CC(=O)CC[C@]4(C)[C@H]3[C@@H](O)C[C@@]21C)C(C)C)C(=O)O. The number of carbonyl (C=O) groups is 6. The molecule has 268 valence electrons. The number of aliphatic carboxylic acids is 1. The first-order valence-electron chi connectivity index (χ1n) is 17.5. The van der Waals surface area contributed by atoms with E-state index in [0.29, 0.717) is 25.7 Å². The lowest BCUT2D eigenvalue weighted by Gasteiger charge is -2.60. The lowest BCUT2D eigenvalue weighted by molar-refractivity contribution is -0.184. The first-order valence-corrected chi connectivity index (χ1v) is 17.5. The van der Waals surface area contributed by atoms with Gasteiger partial charge in [-0.1, -0.05) is 53.5 Å². The molecule has 0 aliphatic heterocycles. The summed E-state index contributed by atoms with van der Waals surface area (Å²) < 4.78 is 5.23. The summed E-state index contributed by atoms with van der Waals surface area (Å²) in [4.78, 5) is 75.5. The van der Waals surface area contributed by atoms with E-state index in [1.54, 1.807) is 26.8 Å². The van der Waals surface area contributed by atoms with Crippen LogP contribution in [0.1, 0.15) is 106 Å². The highest BCUT2D eigenvalue weighted by molar-refractivity contribution is 5.93. The van der Waals surface area contributed by atoms with Crippen molar-refractivity contribution < 1.29 is 48.8 Å². The first-order chi connectivity index (χ1) is 22.4. The number of carbonyl (C=O) groups excluding carboxylic acids is 5. The summed E-state index contributed by atoms with van der Waals surface area (Å²) in [7, 11) is 0. The Kier molecular flexibility index (Phi) is 11.3. The predicted octanol–water partition coefficient (Wildman–Crippen LogP) is 2.87. The molecule has 0 spiro atoms. The summed E-state index contributed by atoms with van der Waals surface area (Å²) >= 11 is 0. The fraction of sp³-hybridized carbons (Fsp3) is 0.778. The fourth-order valence-electron chi connectivity index (χ4n) is 9.41. The molecule has 48 heavy (non-hydrogen) atoms. The fourth-order valence-corrected chi connectivity index (χ4v) is 9.41. The minimum Gasteiger partial charge on any atom is -0.480 e. The van der Waals surface area contributed by atoms with Gasteiger partial charge in [0.05, 0.1) is 12.5 Å². The van der Waals surface area contributed by atoms with E-state index in [4.69, 9.17) is 4.74 Å². The van der Waals surface area contributed by atoms with Crippen molar-refractivity contribution in [3.63, 3.8) is 0 Å². The summed E-state index contributed by atoms with van der Waals surface area (Å²) in [5.74, 6) is -4.42. The van der Waals surface area contributed by atoms with E-state index in [-0.39, 0.29) is 66.5 Å². The van der Waals surface area contributed by atoms with Crippen molar-refractivity contribution in [1.29, 1.82) is 0 Å². The number of nitrogens with one attached hydrogen (secondary N) is 2. The van der Waals surface area contributed by atoms with Gasteiger partial charge >= 0.3 is 11.9 Å². The zero-order valence-electron chi connectivity index (χ0n) is 29.2. The molecule has 10 atom stereocenters. The van der Waals surface area contributed by atoms with Crippen LogP contribution < -0.4 is 10.6 Å². The number of Topliss-reactive ketones (excluding diaryl/α,β-unsaturated/α-hetero) is 1. The number of allylic oxidation sites excluding steroid dienone is 1. The highest BCUT2D eigenvalue weighted by Crippen LogP contribution is 2.67. The number of carboxylic acid groups (broad SMARTS) is 1. The Balaban J connectivity index is 1.32. The van der Waals surface area contributed by atoms with Gasteiger partial charge in [0.15, 0.2) is 12.4 Å². The number of ether oxygens (including phenoxy) is 1. The molecule has 0 radical (unpaired) electrons. The number of carboxylic acids is 1. The average Bonchev–Trinajstić information content (AvgIpc) is 3.29. The quantitative estimate of drug-likeness (QED) is 0.181. The van der Waals surface area contributed by atoms with Crippen LogP contribution in [0.2, 0.25) is 0 Å². The molecule has 0 aromatic rings. The van der Waals surface area contributed by atoms with Crippen LogP contribution in [0.15, 0.2) is 11.6 Å². The summed E-state index contributed by atoms with van der Waals surface area (Å²) in [5, 5.41) is 38.0. The third-order valence-electron chi connectivity index (χ3n) is 12.5. The number of hydrogen-bond acceptors (Lipinski definition) is 9. The van der Waals surface area contributed by atoms with Crippen molar-refractivity contribution in [2.24, 2.45) is 40.4 Å². The van der Waals surface area contributed by atoms with E-state index < -0.39 is 65.3 Å². The van der Waals surface area contributed by atoms with Gasteiger partial charge in [-0.15, -0.1) is 0 Å². The summed E-state index contributed by atoms with van der Waals surface area (Å²) in [6, 6.07) is -2.13. The van der Waals surface area contributed by atoms with Crippen molar-refractivity contribution in [2.75, 3.05) is 6.61 Å². The van der Waals surface area contributed by atoms with Gasteiger partial charge in [-0.2, -0.15) is 0 Å². The minimum atomic E-state index is -1.79. The van der Waals surface area contributed by atoms with Crippen LogP contribution in [0.3, 0.4) is 0 Å². The van der Waals surface area contributed by atoms with E-state index >= 15 is 0 Å². The maximum absolute atomic E-state index is 13.5. The predicted molar refractivity (Wildman–Crippen MR) is 174 cm³/mol. The van der Waals surface area contributed by atoms with Crippen molar-refractivity contribution in [1.82, 2.24) is 10.6 Å². The van der Waals surface area contributed by atoms with Gasteiger partial charge < -0.3 is 30.7 Å². The molecule has 4 aliphatic carbocycles. The van der Waals surface area contributed by atoms with Crippen LogP contribution in [-0.2, 0) is 33.5 Å². The molecular weight excluding hydrogens is 620 g/mol. The Hall–Kier alpha value is -3.12. The number of aliphatic hydroxyl groups is 2. The van der Waals surface area contributed by atoms with E-state index in [1.165, 1.54) is 0 Å². The standard InChI is InChI=1S/C36H54N2O10/c1-7-20(4)31(33(45)46)38-32(44)30(19(2)3)37-27(42)10-11-28(43)48-18-26(41)36(47)15-13-24-23-9-8-21-16-22(39)12-14-34(21,5)29(23)25(40)17-35(24,36)6/h16,19-20,23-25,29-31,40,47H,7-15,17-18H2,1-6H3,(H,37,42)(H,38,44)(H,45,46)/t20-,23+,24+,25+,29-,30-,31-,34+,35+,36+/m1/s1. The second kappa shape index (κ2) is 14.4. The van der Waals surface area contributed by atoms with E-state index in [1.807, 2.05) is 13.8 Å². The maximum atomic E-state index is 13.5. The molecule has 0 aromatic carbocycles. The average molecular weight is 675 g/mol. The number of ketones is 2. The van der Waals surface area contributed by atoms with Crippen LogP contribution >= 0.6 is 0 Å². The molecule has 3 saturated carbocycles. The molecule has 3 fully saturated rings. The molecular formula is C36H54N2O10. The lowest BCUT2D eigenvalue weighted by atomic mass is 9.45. The Morgan fingerprint density at radius 2 is 1.69 bits per heavy atom.